The van der Waals surface area contributed by atoms with E-state index in [0.29, 0.717) is 11.4 Å². The number of rotatable bonds is 5. The van der Waals surface area contributed by atoms with Crippen LogP contribution in [0, 0.1) is 11.7 Å². The molecule has 1 heterocycles. The summed E-state index contributed by atoms with van der Waals surface area (Å²) in [6, 6.07) is 16.6. The number of benzene rings is 2. The van der Waals surface area contributed by atoms with Crippen molar-refractivity contribution in [2.45, 2.75) is 27.0 Å². The second kappa shape index (κ2) is 6.79. The number of hydrogen-bond acceptors (Lipinski definition) is 3. The zero-order valence-corrected chi connectivity index (χ0v) is 14.1. The van der Waals surface area contributed by atoms with Gasteiger partial charge in [0.2, 0.25) is 0 Å². The molecule has 0 spiro atoms. The standard InChI is InChI=1S/C18H19N3OS/c1-3-21-17(19-20-18(21)23)12-22-16-10-8-15(9-11-16)14-6-4-13(2)5-7-14/h4-11H,3,12H2,1-2H3,(H,20,23). The first-order valence-electron chi connectivity index (χ1n) is 7.61. The highest BCUT2D eigenvalue weighted by molar-refractivity contribution is 7.71. The molecule has 0 aliphatic rings. The average Bonchev–Trinajstić information content (AvgIpc) is 2.94. The van der Waals surface area contributed by atoms with Crippen LogP contribution in [-0.4, -0.2) is 14.8 Å². The van der Waals surface area contributed by atoms with Crippen LogP contribution in [0.15, 0.2) is 48.5 Å². The number of aryl methyl sites for hydroxylation is 1. The van der Waals surface area contributed by atoms with E-state index in [1.165, 1.54) is 16.7 Å². The van der Waals surface area contributed by atoms with E-state index < -0.39 is 0 Å². The fourth-order valence-corrected chi connectivity index (χ4v) is 2.70. The molecule has 0 saturated heterocycles. The Morgan fingerprint density at radius 3 is 2.26 bits per heavy atom. The minimum Gasteiger partial charge on any atom is -0.486 e. The summed E-state index contributed by atoms with van der Waals surface area (Å²) in [6.07, 6.45) is 0. The van der Waals surface area contributed by atoms with E-state index >= 15 is 0 Å². The Morgan fingerprint density at radius 1 is 1.04 bits per heavy atom. The molecule has 118 valence electrons. The summed E-state index contributed by atoms with van der Waals surface area (Å²) < 4.78 is 8.36. The van der Waals surface area contributed by atoms with Crippen LogP contribution >= 0.6 is 12.2 Å². The molecule has 3 aromatic rings. The SMILES string of the molecule is CCn1c(COc2ccc(-c3ccc(C)cc3)cc2)n[nH]c1=S. The van der Waals surface area contributed by atoms with Crippen LogP contribution in [-0.2, 0) is 13.2 Å². The van der Waals surface area contributed by atoms with E-state index in [1.807, 2.05) is 23.6 Å². The van der Waals surface area contributed by atoms with Gasteiger partial charge in [-0.1, -0.05) is 42.0 Å². The van der Waals surface area contributed by atoms with Gasteiger partial charge in [-0.2, -0.15) is 5.10 Å². The first-order chi connectivity index (χ1) is 11.2. The van der Waals surface area contributed by atoms with Crippen molar-refractivity contribution in [3.8, 4) is 16.9 Å². The van der Waals surface area contributed by atoms with E-state index in [1.54, 1.807) is 0 Å². The zero-order chi connectivity index (χ0) is 16.2. The second-order valence-electron chi connectivity index (χ2n) is 5.37. The van der Waals surface area contributed by atoms with Crippen LogP contribution < -0.4 is 4.74 Å². The van der Waals surface area contributed by atoms with Crippen molar-refractivity contribution in [2.75, 3.05) is 0 Å². The molecule has 3 rings (SSSR count). The monoisotopic (exact) mass is 325 g/mol. The van der Waals surface area contributed by atoms with Gasteiger partial charge in [-0.15, -0.1) is 0 Å². The largest absolute Gasteiger partial charge is 0.486 e. The lowest BCUT2D eigenvalue weighted by Crippen LogP contribution is -2.06. The Bertz CT molecular complexity index is 832. The highest BCUT2D eigenvalue weighted by Crippen LogP contribution is 2.23. The van der Waals surface area contributed by atoms with E-state index in [4.69, 9.17) is 17.0 Å². The molecule has 0 amide bonds. The minimum absolute atomic E-state index is 0.394. The van der Waals surface area contributed by atoms with Crippen LogP contribution in [0.3, 0.4) is 0 Å². The maximum Gasteiger partial charge on any atom is 0.195 e. The van der Waals surface area contributed by atoms with Gasteiger partial charge in [-0.05, 0) is 49.3 Å². The van der Waals surface area contributed by atoms with Crippen LogP contribution in [0.1, 0.15) is 18.3 Å². The topological polar surface area (TPSA) is 42.8 Å². The molecule has 0 atom stereocenters. The molecule has 0 radical (unpaired) electrons. The summed E-state index contributed by atoms with van der Waals surface area (Å²) in [5, 5.41) is 6.99. The van der Waals surface area contributed by atoms with Crippen molar-refractivity contribution < 1.29 is 4.74 Å². The van der Waals surface area contributed by atoms with Gasteiger partial charge in [0, 0.05) is 6.54 Å². The molecular weight excluding hydrogens is 306 g/mol. The number of H-pyrrole nitrogens is 1. The van der Waals surface area contributed by atoms with Crippen LogP contribution in [0.4, 0.5) is 0 Å². The summed E-state index contributed by atoms with van der Waals surface area (Å²) >= 11 is 5.17. The maximum absolute atomic E-state index is 5.81. The van der Waals surface area contributed by atoms with Gasteiger partial charge < -0.3 is 9.30 Å². The Morgan fingerprint density at radius 2 is 1.65 bits per heavy atom. The first kappa shape index (κ1) is 15.5. The molecule has 0 aliphatic carbocycles. The van der Waals surface area contributed by atoms with Crippen molar-refractivity contribution in [1.82, 2.24) is 14.8 Å². The van der Waals surface area contributed by atoms with Crippen LogP contribution in [0.5, 0.6) is 5.75 Å². The molecule has 23 heavy (non-hydrogen) atoms. The quantitative estimate of drug-likeness (QED) is 0.702. The van der Waals surface area contributed by atoms with Gasteiger partial charge in [-0.25, -0.2) is 0 Å². The van der Waals surface area contributed by atoms with Gasteiger partial charge in [0.1, 0.15) is 12.4 Å². The summed E-state index contributed by atoms with van der Waals surface area (Å²) in [5.74, 6) is 1.62. The summed E-state index contributed by atoms with van der Waals surface area (Å²) in [5.41, 5.74) is 3.64. The highest BCUT2D eigenvalue weighted by Gasteiger charge is 2.05. The van der Waals surface area contributed by atoms with Gasteiger partial charge in [-0.3, -0.25) is 5.10 Å². The minimum atomic E-state index is 0.394. The second-order valence-corrected chi connectivity index (χ2v) is 5.76. The molecule has 2 aromatic carbocycles. The number of hydrogen-bond donors (Lipinski definition) is 1. The molecule has 0 aliphatic heterocycles. The number of aromatic nitrogens is 3. The molecule has 5 heteroatoms. The maximum atomic E-state index is 5.81. The molecular formula is C18H19N3OS. The molecule has 0 unspecified atom stereocenters. The lowest BCUT2D eigenvalue weighted by atomic mass is 10.0. The van der Waals surface area contributed by atoms with Gasteiger partial charge in [0.05, 0.1) is 0 Å². The van der Waals surface area contributed by atoms with Crippen molar-refractivity contribution in [2.24, 2.45) is 0 Å². The lowest BCUT2D eigenvalue weighted by Gasteiger charge is -2.08. The fraction of sp³-hybridized carbons (Fsp3) is 0.222. The van der Waals surface area contributed by atoms with Crippen molar-refractivity contribution >= 4 is 12.2 Å². The van der Waals surface area contributed by atoms with Crippen LogP contribution in [0.2, 0.25) is 0 Å². The van der Waals surface area contributed by atoms with Gasteiger partial charge >= 0.3 is 0 Å². The predicted molar refractivity (Wildman–Crippen MR) is 94.0 cm³/mol. The lowest BCUT2D eigenvalue weighted by molar-refractivity contribution is 0.289. The van der Waals surface area contributed by atoms with Crippen LogP contribution in [0.25, 0.3) is 11.1 Å². The normalized spacial score (nSPS) is 10.7. The van der Waals surface area contributed by atoms with E-state index in [2.05, 4.69) is 53.5 Å². The van der Waals surface area contributed by atoms with Crippen molar-refractivity contribution in [3.63, 3.8) is 0 Å². The van der Waals surface area contributed by atoms with E-state index in [9.17, 15) is 0 Å². The van der Waals surface area contributed by atoms with Crippen molar-refractivity contribution in [1.29, 1.82) is 0 Å². The third-order valence-electron chi connectivity index (χ3n) is 3.76. The summed E-state index contributed by atoms with van der Waals surface area (Å²) in [4.78, 5) is 0. The summed E-state index contributed by atoms with van der Waals surface area (Å²) in [7, 11) is 0. The number of aromatic amines is 1. The van der Waals surface area contributed by atoms with Crippen molar-refractivity contribution in [3.05, 3.63) is 64.7 Å². The number of ether oxygens (including phenoxy) is 1. The third-order valence-corrected chi connectivity index (χ3v) is 4.07. The molecule has 0 fully saturated rings. The first-order valence-corrected chi connectivity index (χ1v) is 8.02. The van der Waals surface area contributed by atoms with E-state index in [-0.39, 0.29) is 0 Å². The smallest absolute Gasteiger partial charge is 0.195 e. The number of nitrogens with zero attached hydrogens (tertiary/aromatic N) is 2. The molecule has 4 nitrogen and oxygen atoms in total. The Balaban J connectivity index is 1.70. The number of nitrogens with one attached hydrogen (secondary N) is 1. The molecule has 0 saturated carbocycles. The molecule has 1 N–H and O–H groups in total. The summed E-state index contributed by atoms with van der Waals surface area (Å²) in [6.45, 7) is 5.29. The highest BCUT2D eigenvalue weighted by atomic mass is 32.1. The Kier molecular flexibility index (Phi) is 4.57. The van der Waals surface area contributed by atoms with Gasteiger partial charge in [0.15, 0.2) is 10.6 Å². The predicted octanol–water partition coefficient (Wildman–Crippen LogP) is 4.52. The zero-order valence-electron chi connectivity index (χ0n) is 13.2. The van der Waals surface area contributed by atoms with E-state index in [0.717, 1.165) is 18.1 Å². The fourth-order valence-electron chi connectivity index (χ4n) is 2.42. The Labute approximate surface area is 140 Å². The molecule has 1 aromatic heterocycles. The molecule has 0 bridgehead atoms. The van der Waals surface area contributed by atoms with Gasteiger partial charge in [0.25, 0.3) is 0 Å². The average molecular weight is 325 g/mol. The third kappa shape index (κ3) is 3.51. The Hall–Kier alpha value is -2.40.